The molecule has 0 unspecified atom stereocenters. The van der Waals surface area contributed by atoms with Crippen molar-refractivity contribution in [3.8, 4) is 0 Å². The molecule has 0 saturated carbocycles. The van der Waals surface area contributed by atoms with E-state index in [-0.39, 0.29) is 12.1 Å². The fourth-order valence-electron chi connectivity index (χ4n) is 1.92. The van der Waals surface area contributed by atoms with Gasteiger partial charge in [0.15, 0.2) is 0 Å². The van der Waals surface area contributed by atoms with Gasteiger partial charge in [-0.1, -0.05) is 0 Å². The summed E-state index contributed by atoms with van der Waals surface area (Å²) in [5.41, 5.74) is -0.422. The summed E-state index contributed by atoms with van der Waals surface area (Å²) in [6.07, 6.45) is 2.04. The summed E-state index contributed by atoms with van der Waals surface area (Å²) in [7, 11) is 0. The fourth-order valence-corrected chi connectivity index (χ4v) is 1.92. The molecule has 1 aliphatic heterocycles. The maximum absolute atomic E-state index is 11.6. The van der Waals surface area contributed by atoms with Crippen LogP contribution in [0.5, 0.6) is 0 Å². The molecule has 1 heterocycles. The number of alkyl carbamates (subject to hydrolysis) is 1. The van der Waals surface area contributed by atoms with Crippen LogP contribution in [0.2, 0.25) is 0 Å². The molecule has 0 spiro atoms. The molecule has 1 amide bonds. The Morgan fingerprint density at radius 2 is 2.19 bits per heavy atom. The van der Waals surface area contributed by atoms with Crippen molar-refractivity contribution in [3.63, 3.8) is 0 Å². The highest BCUT2D eigenvalue weighted by atomic mass is 16.6. The average molecular weight is 228 g/mol. The summed E-state index contributed by atoms with van der Waals surface area (Å²) in [6, 6.07) is 0.169. The van der Waals surface area contributed by atoms with Crippen molar-refractivity contribution < 1.29 is 9.53 Å². The Kier molecular flexibility index (Phi) is 4.59. The number of ether oxygens (including phenoxy) is 1. The fraction of sp³-hybridized carbons (Fsp3) is 0.917. The molecule has 4 heteroatoms. The summed E-state index contributed by atoms with van der Waals surface area (Å²) in [6.45, 7) is 9.74. The lowest BCUT2D eigenvalue weighted by atomic mass is 9.93. The highest BCUT2D eigenvalue weighted by Gasteiger charge is 2.23. The van der Waals surface area contributed by atoms with Gasteiger partial charge in [-0.3, -0.25) is 0 Å². The van der Waals surface area contributed by atoms with Gasteiger partial charge in [-0.25, -0.2) is 4.79 Å². The van der Waals surface area contributed by atoms with Gasteiger partial charge in [0, 0.05) is 6.04 Å². The molecule has 94 valence electrons. The van der Waals surface area contributed by atoms with Gasteiger partial charge in [-0.15, -0.1) is 0 Å². The first-order valence-electron chi connectivity index (χ1n) is 6.09. The van der Waals surface area contributed by atoms with Crippen LogP contribution in [-0.4, -0.2) is 30.8 Å². The number of nitrogens with one attached hydrogen (secondary N) is 2. The third kappa shape index (κ3) is 4.84. The Morgan fingerprint density at radius 3 is 2.69 bits per heavy atom. The minimum absolute atomic E-state index is 0.169. The molecule has 2 atom stereocenters. The topological polar surface area (TPSA) is 50.4 Å². The van der Waals surface area contributed by atoms with Crippen molar-refractivity contribution >= 4 is 6.09 Å². The lowest BCUT2D eigenvalue weighted by Crippen LogP contribution is -2.46. The normalized spacial score (nSPS) is 23.6. The second-order valence-corrected chi connectivity index (χ2v) is 5.54. The van der Waals surface area contributed by atoms with Crippen LogP contribution in [-0.2, 0) is 4.74 Å². The van der Waals surface area contributed by atoms with Crippen LogP contribution in [0.25, 0.3) is 0 Å². The zero-order valence-electron chi connectivity index (χ0n) is 10.8. The summed E-state index contributed by atoms with van der Waals surface area (Å²) >= 11 is 0. The predicted octanol–water partition coefficient (Wildman–Crippen LogP) is 1.90. The van der Waals surface area contributed by atoms with Crippen molar-refractivity contribution in [2.45, 2.75) is 52.2 Å². The van der Waals surface area contributed by atoms with Crippen molar-refractivity contribution in [1.29, 1.82) is 0 Å². The molecule has 0 aliphatic carbocycles. The molecular weight excluding hydrogens is 204 g/mol. The maximum atomic E-state index is 11.6. The summed E-state index contributed by atoms with van der Waals surface area (Å²) < 4.78 is 5.23. The molecule has 1 saturated heterocycles. The van der Waals surface area contributed by atoms with Crippen LogP contribution in [0.1, 0.15) is 40.5 Å². The first-order valence-corrected chi connectivity index (χ1v) is 6.09. The Hall–Kier alpha value is -0.770. The van der Waals surface area contributed by atoms with Gasteiger partial charge in [0.05, 0.1) is 0 Å². The van der Waals surface area contributed by atoms with Crippen LogP contribution in [0.4, 0.5) is 4.79 Å². The van der Waals surface area contributed by atoms with E-state index < -0.39 is 5.60 Å². The van der Waals surface area contributed by atoms with Gasteiger partial charge < -0.3 is 15.4 Å². The summed E-state index contributed by atoms with van der Waals surface area (Å²) in [4.78, 5) is 11.6. The molecule has 16 heavy (non-hydrogen) atoms. The highest BCUT2D eigenvalue weighted by molar-refractivity contribution is 5.68. The molecule has 0 aromatic heterocycles. The van der Waals surface area contributed by atoms with E-state index in [1.54, 1.807) is 0 Å². The Labute approximate surface area is 98.1 Å². The maximum Gasteiger partial charge on any atom is 0.407 e. The number of hydrogen-bond acceptors (Lipinski definition) is 3. The van der Waals surface area contributed by atoms with Crippen molar-refractivity contribution in [2.75, 3.05) is 13.1 Å². The minimum atomic E-state index is -0.422. The van der Waals surface area contributed by atoms with E-state index in [4.69, 9.17) is 4.74 Å². The van der Waals surface area contributed by atoms with E-state index in [0.29, 0.717) is 5.92 Å². The van der Waals surface area contributed by atoms with Gasteiger partial charge in [-0.05, 0) is 59.5 Å². The SMILES string of the molecule is C[C@H](NC(=O)OC(C)(C)C)[C@@H]1CCCNC1. The van der Waals surface area contributed by atoms with E-state index >= 15 is 0 Å². The Morgan fingerprint density at radius 1 is 1.50 bits per heavy atom. The standard InChI is InChI=1S/C12H24N2O2/c1-9(10-6-5-7-13-8-10)14-11(15)16-12(2,3)4/h9-10,13H,5-8H2,1-4H3,(H,14,15)/t9-,10+/m0/s1. The molecule has 4 nitrogen and oxygen atoms in total. The molecule has 1 fully saturated rings. The van der Waals surface area contributed by atoms with Gasteiger partial charge in [0.2, 0.25) is 0 Å². The molecule has 2 N–H and O–H groups in total. The zero-order valence-corrected chi connectivity index (χ0v) is 10.8. The number of piperidine rings is 1. The molecule has 0 bridgehead atoms. The lowest BCUT2D eigenvalue weighted by molar-refractivity contribution is 0.0487. The molecular formula is C12H24N2O2. The van der Waals surface area contributed by atoms with Crippen LogP contribution in [0.15, 0.2) is 0 Å². The lowest BCUT2D eigenvalue weighted by Gasteiger charge is -2.29. The second-order valence-electron chi connectivity index (χ2n) is 5.54. The second kappa shape index (κ2) is 5.53. The smallest absolute Gasteiger partial charge is 0.407 e. The van der Waals surface area contributed by atoms with Crippen molar-refractivity contribution in [2.24, 2.45) is 5.92 Å². The molecule has 0 radical (unpaired) electrons. The van der Waals surface area contributed by atoms with E-state index in [1.807, 2.05) is 27.7 Å². The highest BCUT2D eigenvalue weighted by Crippen LogP contribution is 2.15. The number of carbonyl (C=O) groups is 1. The third-order valence-electron chi connectivity index (χ3n) is 2.79. The van der Waals surface area contributed by atoms with Gasteiger partial charge in [0.25, 0.3) is 0 Å². The third-order valence-corrected chi connectivity index (χ3v) is 2.79. The van der Waals surface area contributed by atoms with Gasteiger partial charge in [-0.2, -0.15) is 0 Å². The molecule has 0 aromatic carbocycles. The summed E-state index contributed by atoms with van der Waals surface area (Å²) in [5, 5.41) is 6.25. The van der Waals surface area contributed by atoms with Crippen LogP contribution in [0.3, 0.4) is 0 Å². The monoisotopic (exact) mass is 228 g/mol. The van der Waals surface area contributed by atoms with Crippen LogP contribution < -0.4 is 10.6 Å². The van der Waals surface area contributed by atoms with Crippen LogP contribution in [0, 0.1) is 5.92 Å². The van der Waals surface area contributed by atoms with E-state index in [1.165, 1.54) is 12.8 Å². The number of amides is 1. The number of carbonyl (C=O) groups excluding carboxylic acids is 1. The summed E-state index contributed by atoms with van der Waals surface area (Å²) in [5.74, 6) is 0.515. The largest absolute Gasteiger partial charge is 0.444 e. The quantitative estimate of drug-likeness (QED) is 0.759. The number of rotatable bonds is 2. The molecule has 0 aromatic rings. The Balaban J connectivity index is 2.32. The van der Waals surface area contributed by atoms with E-state index in [9.17, 15) is 4.79 Å². The molecule has 1 rings (SSSR count). The van der Waals surface area contributed by atoms with Crippen LogP contribution >= 0.6 is 0 Å². The van der Waals surface area contributed by atoms with E-state index in [2.05, 4.69) is 10.6 Å². The first-order chi connectivity index (χ1) is 7.38. The average Bonchev–Trinajstić information content (AvgIpc) is 2.16. The zero-order chi connectivity index (χ0) is 12.2. The Bertz CT molecular complexity index is 230. The number of hydrogen-bond donors (Lipinski definition) is 2. The van der Waals surface area contributed by atoms with Gasteiger partial charge >= 0.3 is 6.09 Å². The molecule has 1 aliphatic rings. The van der Waals surface area contributed by atoms with Crippen molar-refractivity contribution in [3.05, 3.63) is 0 Å². The first kappa shape index (κ1) is 13.3. The predicted molar refractivity (Wildman–Crippen MR) is 64.4 cm³/mol. The van der Waals surface area contributed by atoms with Gasteiger partial charge in [0.1, 0.15) is 5.60 Å². The van der Waals surface area contributed by atoms with E-state index in [0.717, 1.165) is 13.1 Å². The minimum Gasteiger partial charge on any atom is -0.444 e. The van der Waals surface area contributed by atoms with Crippen molar-refractivity contribution in [1.82, 2.24) is 10.6 Å².